The lowest BCUT2D eigenvalue weighted by atomic mass is 10.1. The predicted octanol–water partition coefficient (Wildman–Crippen LogP) is 2.95. The summed E-state index contributed by atoms with van der Waals surface area (Å²) in [6, 6.07) is 15.5. The molecule has 0 aliphatic rings. The van der Waals surface area contributed by atoms with Crippen molar-refractivity contribution in [3.05, 3.63) is 65.2 Å². The second-order valence-corrected chi connectivity index (χ2v) is 5.78. The maximum atomic E-state index is 12.0. The van der Waals surface area contributed by atoms with Crippen LogP contribution in [0.25, 0.3) is 0 Å². The number of hydrogen-bond donors (Lipinski definition) is 3. The Kier molecular flexibility index (Phi) is 6.78. The summed E-state index contributed by atoms with van der Waals surface area (Å²) in [5.74, 6) is -1.41. The Balaban J connectivity index is 1.82. The van der Waals surface area contributed by atoms with E-state index in [4.69, 9.17) is 11.6 Å². The molecule has 0 heterocycles. The summed E-state index contributed by atoms with van der Waals surface area (Å²) in [7, 11) is 0. The number of anilines is 1. The van der Waals surface area contributed by atoms with Gasteiger partial charge >= 0.3 is 5.97 Å². The summed E-state index contributed by atoms with van der Waals surface area (Å²) in [5, 5.41) is 15.4. The van der Waals surface area contributed by atoms with Gasteiger partial charge in [0.15, 0.2) is 0 Å². The minimum Gasteiger partial charge on any atom is -0.480 e. The number of carboxylic acids is 1. The van der Waals surface area contributed by atoms with E-state index in [0.29, 0.717) is 23.7 Å². The van der Waals surface area contributed by atoms with Crippen LogP contribution in [-0.4, -0.2) is 29.6 Å². The lowest BCUT2D eigenvalue weighted by Crippen LogP contribution is -2.40. The molecule has 2 aromatic carbocycles. The minimum atomic E-state index is -1.05. The summed E-state index contributed by atoms with van der Waals surface area (Å²) in [5.41, 5.74) is 1.69. The predicted molar refractivity (Wildman–Crippen MR) is 94.3 cm³/mol. The first-order chi connectivity index (χ1) is 11.5. The normalized spacial score (nSPS) is 11.7. The molecule has 0 bridgehead atoms. The summed E-state index contributed by atoms with van der Waals surface area (Å²) >= 11 is 5.78. The summed E-state index contributed by atoms with van der Waals surface area (Å²) in [6.45, 7) is 0.481. The number of carbonyl (C=O) groups is 2. The molecule has 0 saturated heterocycles. The van der Waals surface area contributed by atoms with Crippen molar-refractivity contribution in [2.24, 2.45) is 0 Å². The third kappa shape index (κ3) is 6.02. The summed E-state index contributed by atoms with van der Waals surface area (Å²) in [4.78, 5) is 23.3. The number of benzene rings is 2. The maximum Gasteiger partial charge on any atom is 0.321 e. The molecule has 1 amide bonds. The number of hydrogen-bond acceptors (Lipinski definition) is 3. The van der Waals surface area contributed by atoms with Crippen LogP contribution in [0.1, 0.15) is 12.0 Å². The molecule has 0 aromatic heterocycles. The van der Waals surface area contributed by atoms with E-state index < -0.39 is 12.0 Å². The van der Waals surface area contributed by atoms with Crippen LogP contribution in [0, 0.1) is 0 Å². The quantitative estimate of drug-likeness (QED) is 0.686. The largest absolute Gasteiger partial charge is 0.480 e. The van der Waals surface area contributed by atoms with Crippen LogP contribution in [0.2, 0.25) is 5.02 Å². The second-order valence-electron chi connectivity index (χ2n) is 5.34. The van der Waals surface area contributed by atoms with Crippen molar-refractivity contribution in [1.29, 1.82) is 0 Å². The lowest BCUT2D eigenvalue weighted by Gasteiger charge is -2.14. The molecule has 6 heteroatoms. The van der Waals surface area contributed by atoms with E-state index in [1.807, 2.05) is 30.3 Å². The molecule has 126 valence electrons. The number of aliphatic carboxylic acids is 1. The fourth-order valence-electron chi connectivity index (χ4n) is 2.21. The van der Waals surface area contributed by atoms with Gasteiger partial charge in [-0.05, 0) is 42.8 Å². The fraction of sp³-hybridized carbons (Fsp3) is 0.222. The molecule has 1 atom stereocenters. The van der Waals surface area contributed by atoms with Crippen LogP contribution in [-0.2, 0) is 16.0 Å². The standard InChI is InChI=1S/C18H19ClN2O3/c19-14-6-8-15(9-7-14)21-17(22)12-16(18(23)24)20-11-10-13-4-2-1-3-5-13/h1-9,16,20H,10-12H2,(H,21,22)(H,23,24)/t16-/m0/s1. The Labute approximate surface area is 145 Å². The molecule has 2 rings (SSSR count). The van der Waals surface area contributed by atoms with Gasteiger partial charge in [-0.2, -0.15) is 0 Å². The first kappa shape index (κ1) is 18.0. The number of rotatable bonds is 8. The average Bonchev–Trinajstić information content (AvgIpc) is 2.57. The van der Waals surface area contributed by atoms with Gasteiger partial charge in [-0.1, -0.05) is 41.9 Å². The van der Waals surface area contributed by atoms with Crippen molar-refractivity contribution in [2.45, 2.75) is 18.9 Å². The van der Waals surface area contributed by atoms with Crippen LogP contribution >= 0.6 is 11.6 Å². The van der Waals surface area contributed by atoms with Crippen LogP contribution in [0.3, 0.4) is 0 Å². The zero-order chi connectivity index (χ0) is 17.4. The molecule has 24 heavy (non-hydrogen) atoms. The van der Waals surface area contributed by atoms with Gasteiger partial charge in [0.2, 0.25) is 5.91 Å². The zero-order valence-electron chi connectivity index (χ0n) is 13.0. The van der Waals surface area contributed by atoms with Crippen molar-refractivity contribution in [3.63, 3.8) is 0 Å². The minimum absolute atomic E-state index is 0.146. The molecule has 0 spiro atoms. The third-order valence-electron chi connectivity index (χ3n) is 3.46. The Hall–Kier alpha value is -2.37. The van der Waals surface area contributed by atoms with E-state index >= 15 is 0 Å². The number of amides is 1. The molecule has 0 aliphatic carbocycles. The van der Waals surface area contributed by atoms with Gasteiger partial charge in [-0.3, -0.25) is 9.59 Å². The van der Waals surface area contributed by atoms with E-state index in [1.165, 1.54) is 0 Å². The van der Waals surface area contributed by atoms with E-state index in [0.717, 1.165) is 5.56 Å². The maximum absolute atomic E-state index is 12.0. The molecule has 3 N–H and O–H groups in total. The Bertz CT molecular complexity index is 674. The van der Waals surface area contributed by atoms with Crippen molar-refractivity contribution in [3.8, 4) is 0 Å². The van der Waals surface area contributed by atoms with Crippen LogP contribution in [0.4, 0.5) is 5.69 Å². The first-order valence-electron chi connectivity index (χ1n) is 7.60. The van der Waals surface area contributed by atoms with Gasteiger partial charge in [0.05, 0.1) is 6.42 Å². The summed E-state index contributed by atoms with van der Waals surface area (Å²) < 4.78 is 0. The van der Waals surface area contributed by atoms with Crippen molar-refractivity contribution in [1.82, 2.24) is 5.32 Å². The van der Waals surface area contributed by atoms with E-state index in [9.17, 15) is 14.7 Å². The smallest absolute Gasteiger partial charge is 0.321 e. The van der Waals surface area contributed by atoms with Crippen LogP contribution < -0.4 is 10.6 Å². The van der Waals surface area contributed by atoms with Crippen molar-refractivity contribution >= 4 is 29.2 Å². The van der Waals surface area contributed by atoms with E-state index in [1.54, 1.807) is 24.3 Å². The number of carboxylic acid groups (broad SMARTS) is 1. The molecular formula is C18H19ClN2O3. The highest BCUT2D eigenvalue weighted by atomic mass is 35.5. The molecular weight excluding hydrogens is 328 g/mol. The van der Waals surface area contributed by atoms with Crippen molar-refractivity contribution < 1.29 is 14.7 Å². The first-order valence-corrected chi connectivity index (χ1v) is 7.98. The number of nitrogens with one attached hydrogen (secondary N) is 2. The van der Waals surface area contributed by atoms with E-state index in [2.05, 4.69) is 10.6 Å². The Morgan fingerprint density at radius 2 is 1.71 bits per heavy atom. The summed E-state index contributed by atoms with van der Waals surface area (Å²) in [6.07, 6.45) is 0.552. The molecule has 0 fully saturated rings. The fourth-order valence-corrected chi connectivity index (χ4v) is 2.34. The SMILES string of the molecule is O=C(C[C@H](NCCc1ccccc1)C(=O)O)Nc1ccc(Cl)cc1. The molecule has 0 unspecified atom stereocenters. The molecule has 0 saturated carbocycles. The van der Waals surface area contributed by atoms with Gasteiger partial charge < -0.3 is 15.7 Å². The van der Waals surface area contributed by atoms with Crippen LogP contribution in [0.5, 0.6) is 0 Å². The molecule has 0 radical (unpaired) electrons. The third-order valence-corrected chi connectivity index (χ3v) is 3.71. The molecule has 2 aromatic rings. The molecule has 0 aliphatic heterocycles. The van der Waals surface area contributed by atoms with Gasteiger partial charge in [-0.25, -0.2) is 0 Å². The molecule has 5 nitrogen and oxygen atoms in total. The highest BCUT2D eigenvalue weighted by Crippen LogP contribution is 2.13. The highest BCUT2D eigenvalue weighted by Gasteiger charge is 2.20. The zero-order valence-corrected chi connectivity index (χ0v) is 13.8. The van der Waals surface area contributed by atoms with Gasteiger partial charge in [0, 0.05) is 10.7 Å². The van der Waals surface area contributed by atoms with Crippen LogP contribution in [0.15, 0.2) is 54.6 Å². The Morgan fingerprint density at radius 3 is 2.33 bits per heavy atom. The average molecular weight is 347 g/mol. The van der Waals surface area contributed by atoms with Gasteiger partial charge in [-0.15, -0.1) is 0 Å². The highest BCUT2D eigenvalue weighted by molar-refractivity contribution is 6.30. The van der Waals surface area contributed by atoms with E-state index in [-0.39, 0.29) is 12.3 Å². The number of carbonyl (C=O) groups excluding carboxylic acids is 1. The van der Waals surface area contributed by atoms with Gasteiger partial charge in [0.1, 0.15) is 6.04 Å². The second kappa shape index (κ2) is 9.05. The topological polar surface area (TPSA) is 78.4 Å². The Morgan fingerprint density at radius 1 is 1.04 bits per heavy atom. The monoisotopic (exact) mass is 346 g/mol. The van der Waals surface area contributed by atoms with Gasteiger partial charge in [0.25, 0.3) is 0 Å². The number of halogens is 1. The van der Waals surface area contributed by atoms with Crippen molar-refractivity contribution in [2.75, 3.05) is 11.9 Å². The lowest BCUT2D eigenvalue weighted by molar-refractivity contribution is -0.141.